The standard InChI is InChI=1S/C20H17Cl2FN4O2/c21-14-4-3-5-15(17(14)22)24-20(28)27-11-2-1-6-16(27)19-25-18(26-29-19)12-7-9-13(23)10-8-12/h3-5,7-10,16H,1-2,6,11H2,(H,24,28). The molecule has 1 atom stereocenters. The Balaban J connectivity index is 1.55. The minimum Gasteiger partial charge on any atom is -0.337 e. The van der Waals surface area contributed by atoms with Crippen molar-refractivity contribution in [2.45, 2.75) is 25.3 Å². The lowest BCUT2D eigenvalue weighted by atomic mass is 10.0. The predicted molar refractivity (Wildman–Crippen MR) is 108 cm³/mol. The molecule has 1 unspecified atom stereocenters. The van der Waals surface area contributed by atoms with Crippen molar-refractivity contribution in [1.82, 2.24) is 15.0 Å². The molecule has 2 amide bonds. The fraction of sp³-hybridized carbons (Fsp3) is 0.250. The lowest BCUT2D eigenvalue weighted by Crippen LogP contribution is -2.41. The molecule has 1 fully saturated rings. The number of anilines is 1. The first-order chi connectivity index (χ1) is 14.0. The summed E-state index contributed by atoms with van der Waals surface area (Å²) in [4.78, 5) is 19.0. The fourth-order valence-electron chi connectivity index (χ4n) is 3.31. The summed E-state index contributed by atoms with van der Waals surface area (Å²) in [6, 6.07) is 10.2. The lowest BCUT2D eigenvalue weighted by Gasteiger charge is -2.33. The topological polar surface area (TPSA) is 71.3 Å². The first-order valence-electron chi connectivity index (χ1n) is 9.14. The number of aromatic nitrogens is 2. The van der Waals surface area contributed by atoms with Crippen LogP contribution in [-0.4, -0.2) is 27.6 Å². The van der Waals surface area contributed by atoms with Crippen molar-refractivity contribution in [1.29, 1.82) is 0 Å². The van der Waals surface area contributed by atoms with Crippen molar-refractivity contribution in [2.24, 2.45) is 0 Å². The number of carbonyl (C=O) groups is 1. The minimum atomic E-state index is -0.358. The molecule has 0 saturated carbocycles. The van der Waals surface area contributed by atoms with E-state index >= 15 is 0 Å². The maximum absolute atomic E-state index is 13.1. The highest BCUT2D eigenvalue weighted by molar-refractivity contribution is 6.43. The highest BCUT2D eigenvalue weighted by Crippen LogP contribution is 2.33. The van der Waals surface area contributed by atoms with Crippen molar-refractivity contribution in [2.75, 3.05) is 11.9 Å². The second-order valence-electron chi connectivity index (χ2n) is 6.70. The third-order valence-corrected chi connectivity index (χ3v) is 5.60. The normalized spacial score (nSPS) is 16.7. The molecule has 0 radical (unpaired) electrons. The van der Waals surface area contributed by atoms with E-state index in [1.54, 1.807) is 35.2 Å². The monoisotopic (exact) mass is 434 g/mol. The second kappa shape index (κ2) is 8.39. The number of carbonyl (C=O) groups excluding carboxylic acids is 1. The van der Waals surface area contributed by atoms with Crippen LogP contribution in [0, 0.1) is 5.82 Å². The van der Waals surface area contributed by atoms with Gasteiger partial charge in [-0.05, 0) is 55.7 Å². The van der Waals surface area contributed by atoms with E-state index < -0.39 is 0 Å². The summed E-state index contributed by atoms with van der Waals surface area (Å²) in [5.74, 6) is 0.354. The van der Waals surface area contributed by atoms with E-state index in [0.717, 1.165) is 12.8 Å². The minimum absolute atomic E-state index is 0.285. The third kappa shape index (κ3) is 4.21. The average Bonchev–Trinajstić information content (AvgIpc) is 3.22. The zero-order valence-electron chi connectivity index (χ0n) is 15.2. The van der Waals surface area contributed by atoms with Gasteiger partial charge in [0.1, 0.15) is 11.9 Å². The molecular weight excluding hydrogens is 418 g/mol. The van der Waals surface area contributed by atoms with Crippen LogP contribution >= 0.6 is 23.2 Å². The van der Waals surface area contributed by atoms with Crippen molar-refractivity contribution in [3.63, 3.8) is 0 Å². The Morgan fingerprint density at radius 1 is 1.17 bits per heavy atom. The molecule has 29 heavy (non-hydrogen) atoms. The van der Waals surface area contributed by atoms with Gasteiger partial charge in [-0.1, -0.05) is 34.4 Å². The number of benzene rings is 2. The van der Waals surface area contributed by atoms with Crippen LogP contribution in [0.4, 0.5) is 14.9 Å². The number of halogens is 3. The van der Waals surface area contributed by atoms with Crippen LogP contribution in [-0.2, 0) is 0 Å². The van der Waals surface area contributed by atoms with Gasteiger partial charge in [0.25, 0.3) is 0 Å². The summed E-state index contributed by atoms with van der Waals surface area (Å²) in [5, 5.41) is 7.44. The molecule has 1 N–H and O–H groups in total. The zero-order chi connectivity index (χ0) is 20.4. The SMILES string of the molecule is O=C(Nc1cccc(Cl)c1Cl)N1CCCCC1c1nc(-c2ccc(F)cc2)no1. The lowest BCUT2D eigenvalue weighted by molar-refractivity contribution is 0.142. The molecule has 3 aromatic rings. The molecule has 150 valence electrons. The van der Waals surface area contributed by atoms with Gasteiger partial charge in [-0.2, -0.15) is 4.98 Å². The van der Waals surface area contributed by atoms with E-state index in [9.17, 15) is 9.18 Å². The number of piperidine rings is 1. The summed E-state index contributed by atoms with van der Waals surface area (Å²) in [5.41, 5.74) is 1.07. The van der Waals surface area contributed by atoms with Crippen LogP contribution in [0.2, 0.25) is 10.0 Å². The van der Waals surface area contributed by atoms with Crippen LogP contribution in [0.15, 0.2) is 47.0 Å². The van der Waals surface area contributed by atoms with Crippen LogP contribution in [0.5, 0.6) is 0 Å². The predicted octanol–water partition coefficient (Wildman–Crippen LogP) is 5.94. The van der Waals surface area contributed by atoms with Crippen molar-refractivity contribution in [3.05, 3.63) is 64.2 Å². The third-order valence-electron chi connectivity index (χ3n) is 4.79. The van der Waals surface area contributed by atoms with Crippen molar-refractivity contribution in [3.8, 4) is 11.4 Å². The van der Waals surface area contributed by atoms with Gasteiger partial charge in [-0.25, -0.2) is 9.18 Å². The summed E-state index contributed by atoms with van der Waals surface area (Å²) >= 11 is 12.2. The second-order valence-corrected chi connectivity index (χ2v) is 7.48. The molecule has 1 aliphatic rings. The van der Waals surface area contributed by atoms with E-state index in [4.69, 9.17) is 27.7 Å². The Morgan fingerprint density at radius 2 is 1.97 bits per heavy atom. The van der Waals surface area contributed by atoms with Crippen LogP contribution in [0.1, 0.15) is 31.2 Å². The number of rotatable bonds is 3. The van der Waals surface area contributed by atoms with Gasteiger partial charge in [0, 0.05) is 12.1 Å². The summed E-state index contributed by atoms with van der Waals surface area (Å²) in [6.07, 6.45) is 2.49. The molecule has 0 bridgehead atoms. The Labute approximate surface area is 176 Å². The van der Waals surface area contributed by atoms with E-state index in [0.29, 0.717) is 41.0 Å². The highest BCUT2D eigenvalue weighted by atomic mass is 35.5. The van der Waals surface area contributed by atoms with Gasteiger partial charge in [0.05, 0.1) is 15.7 Å². The summed E-state index contributed by atoms with van der Waals surface area (Å²) in [7, 11) is 0. The van der Waals surface area contributed by atoms with Crippen molar-refractivity contribution >= 4 is 34.9 Å². The van der Waals surface area contributed by atoms with Crippen molar-refractivity contribution < 1.29 is 13.7 Å². The maximum atomic E-state index is 13.1. The molecule has 1 saturated heterocycles. The van der Waals surface area contributed by atoms with Gasteiger partial charge in [0.15, 0.2) is 0 Å². The Bertz CT molecular complexity index is 1030. The van der Waals surface area contributed by atoms with Crippen LogP contribution < -0.4 is 5.32 Å². The number of nitrogens with one attached hydrogen (secondary N) is 1. The van der Waals surface area contributed by atoms with Gasteiger partial charge in [0.2, 0.25) is 11.7 Å². The molecule has 4 rings (SSSR count). The number of likely N-dealkylation sites (tertiary alicyclic amines) is 1. The quantitative estimate of drug-likeness (QED) is 0.553. The maximum Gasteiger partial charge on any atom is 0.322 e. The summed E-state index contributed by atoms with van der Waals surface area (Å²) in [6.45, 7) is 0.545. The smallest absolute Gasteiger partial charge is 0.322 e. The Hall–Kier alpha value is -2.64. The average molecular weight is 435 g/mol. The van der Waals surface area contributed by atoms with E-state index in [2.05, 4.69) is 15.5 Å². The largest absolute Gasteiger partial charge is 0.337 e. The van der Waals surface area contributed by atoms with E-state index in [1.165, 1.54) is 12.1 Å². The molecule has 0 spiro atoms. The first kappa shape index (κ1) is 19.7. The molecule has 9 heteroatoms. The zero-order valence-corrected chi connectivity index (χ0v) is 16.8. The van der Waals surface area contributed by atoms with E-state index in [1.807, 2.05) is 0 Å². The van der Waals surface area contributed by atoms with Gasteiger partial charge < -0.3 is 14.7 Å². The molecule has 1 aromatic heterocycles. The first-order valence-corrected chi connectivity index (χ1v) is 9.89. The molecule has 6 nitrogen and oxygen atoms in total. The van der Waals surface area contributed by atoms with Crippen LogP contribution in [0.3, 0.4) is 0 Å². The Morgan fingerprint density at radius 3 is 2.76 bits per heavy atom. The van der Waals surface area contributed by atoms with E-state index in [-0.39, 0.29) is 22.9 Å². The van der Waals surface area contributed by atoms with Gasteiger partial charge in [-0.15, -0.1) is 0 Å². The molecular formula is C20H17Cl2FN4O2. The van der Waals surface area contributed by atoms with Gasteiger partial charge >= 0.3 is 6.03 Å². The highest BCUT2D eigenvalue weighted by Gasteiger charge is 2.32. The number of hydrogen-bond donors (Lipinski definition) is 1. The summed E-state index contributed by atoms with van der Waals surface area (Å²) < 4.78 is 18.6. The molecule has 0 aliphatic carbocycles. The van der Waals surface area contributed by atoms with Gasteiger partial charge in [-0.3, -0.25) is 0 Å². The fourth-order valence-corrected chi connectivity index (χ4v) is 3.65. The number of urea groups is 1. The number of hydrogen-bond acceptors (Lipinski definition) is 4. The molecule has 2 heterocycles. The molecule has 1 aliphatic heterocycles. The number of nitrogens with zero attached hydrogens (tertiary/aromatic N) is 3. The molecule has 2 aromatic carbocycles. The Kier molecular flexibility index (Phi) is 5.69. The van der Waals surface area contributed by atoms with Crippen LogP contribution in [0.25, 0.3) is 11.4 Å². The number of amides is 2.